The monoisotopic (exact) mass is 189 g/mol. The van der Waals surface area contributed by atoms with Gasteiger partial charge in [0.2, 0.25) is 0 Å². The van der Waals surface area contributed by atoms with Gasteiger partial charge in [-0.1, -0.05) is 20.8 Å². The van der Waals surface area contributed by atoms with Crippen LogP contribution in [0.5, 0.6) is 0 Å². The Labute approximate surface area is 79.3 Å². The predicted octanol–water partition coefficient (Wildman–Crippen LogP) is 1.68. The van der Waals surface area contributed by atoms with Crippen molar-refractivity contribution in [3.8, 4) is 0 Å². The van der Waals surface area contributed by atoms with Crippen molar-refractivity contribution in [1.82, 2.24) is 0 Å². The minimum Gasteiger partial charge on any atom is -0.321 e. The van der Waals surface area contributed by atoms with Gasteiger partial charge in [-0.05, 0) is 18.4 Å². The number of nitrogens with two attached hydrogens (primary N) is 1. The normalized spacial score (nSPS) is 14.4. The summed E-state index contributed by atoms with van der Waals surface area (Å²) in [6.07, 6.45) is 2.81. The zero-order valence-corrected chi connectivity index (χ0v) is 9.20. The van der Waals surface area contributed by atoms with Crippen molar-refractivity contribution in [2.45, 2.75) is 33.2 Å². The van der Waals surface area contributed by atoms with Gasteiger partial charge in [-0.15, -0.1) is 0 Å². The third-order valence-electron chi connectivity index (χ3n) is 1.71. The van der Waals surface area contributed by atoms with Crippen molar-refractivity contribution in [3.63, 3.8) is 0 Å². The lowest BCUT2D eigenvalue weighted by atomic mass is 9.86. The number of hydrogen-bond donors (Lipinski definition) is 1. The molecule has 2 N–H and O–H groups in total. The Morgan fingerprint density at radius 1 is 1.50 bits per heavy atom. The van der Waals surface area contributed by atoms with Crippen LogP contribution in [0.3, 0.4) is 0 Å². The molecule has 0 saturated heterocycles. The molecule has 0 aliphatic rings. The zero-order chi connectivity index (χ0) is 9.78. The van der Waals surface area contributed by atoms with Crippen molar-refractivity contribution in [2.24, 2.45) is 11.1 Å². The lowest BCUT2D eigenvalue weighted by Crippen LogP contribution is -2.39. The number of Topliss-reactive ketones (excluding diaryl/α,β-unsaturated/α-hetero) is 1. The molecule has 0 fully saturated rings. The number of carbonyl (C=O) groups excluding carboxylic acids is 1. The van der Waals surface area contributed by atoms with Gasteiger partial charge in [0.1, 0.15) is 0 Å². The fraction of sp³-hybridized carbons (Fsp3) is 0.889. The van der Waals surface area contributed by atoms with Crippen LogP contribution in [-0.4, -0.2) is 23.8 Å². The number of ketones is 1. The molecule has 0 rings (SSSR count). The summed E-state index contributed by atoms with van der Waals surface area (Å²) in [4.78, 5) is 11.5. The van der Waals surface area contributed by atoms with Crippen molar-refractivity contribution in [2.75, 3.05) is 12.0 Å². The minimum atomic E-state index is -0.294. The summed E-state index contributed by atoms with van der Waals surface area (Å²) >= 11 is 1.73. The van der Waals surface area contributed by atoms with E-state index in [1.807, 2.05) is 27.0 Å². The van der Waals surface area contributed by atoms with Gasteiger partial charge in [0.15, 0.2) is 5.78 Å². The zero-order valence-electron chi connectivity index (χ0n) is 8.39. The molecule has 72 valence electrons. The molecule has 0 amide bonds. The predicted molar refractivity (Wildman–Crippen MR) is 55.4 cm³/mol. The Morgan fingerprint density at radius 2 is 2.00 bits per heavy atom. The topological polar surface area (TPSA) is 43.1 Å². The molecule has 3 heteroatoms. The molecule has 0 heterocycles. The Bertz CT molecular complexity index is 151. The summed E-state index contributed by atoms with van der Waals surface area (Å²) in [7, 11) is 0. The number of thioether (sulfide) groups is 1. The van der Waals surface area contributed by atoms with Crippen LogP contribution in [-0.2, 0) is 4.79 Å². The van der Waals surface area contributed by atoms with E-state index in [0.717, 1.165) is 12.2 Å². The van der Waals surface area contributed by atoms with Gasteiger partial charge in [0.25, 0.3) is 0 Å². The average molecular weight is 189 g/mol. The maximum Gasteiger partial charge on any atom is 0.154 e. The molecule has 0 aromatic rings. The standard InChI is InChI=1S/C9H19NOS/c1-9(2,3)8(11)7(10)5-6-12-4/h7H,5-6,10H2,1-4H3/t7-/m0/s1. The van der Waals surface area contributed by atoms with Crippen LogP contribution in [0.15, 0.2) is 0 Å². The average Bonchev–Trinajstić information content (AvgIpc) is 1.97. The van der Waals surface area contributed by atoms with Crippen LogP contribution >= 0.6 is 11.8 Å². The Balaban J connectivity index is 3.94. The van der Waals surface area contributed by atoms with E-state index in [2.05, 4.69) is 0 Å². The Hall–Kier alpha value is -0.0200. The molecule has 0 aromatic carbocycles. The van der Waals surface area contributed by atoms with Gasteiger partial charge in [0, 0.05) is 5.41 Å². The molecule has 0 radical (unpaired) electrons. The van der Waals surface area contributed by atoms with Gasteiger partial charge in [-0.25, -0.2) is 0 Å². The molecule has 12 heavy (non-hydrogen) atoms. The van der Waals surface area contributed by atoms with Crippen LogP contribution in [0.2, 0.25) is 0 Å². The molecule has 0 aromatic heterocycles. The highest BCUT2D eigenvalue weighted by Gasteiger charge is 2.26. The van der Waals surface area contributed by atoms with E-state index in [1.165, 1.54) is 0 Å². The van der Waals surface area contributed by atoms with Gasteiger partial charge in [0.05, 0.1) is 6.04 Å². The summed E-state index contributed by atoms with van der Waals surface area (Å²) in [5.41, 5.74) is 5.43. The molecule has 0 bridgehead atoms. The fourth-order valence-electron chi connectivity index (χ4n) is 0.932. The maximum atomic E-state index is 11.5. The molecule has 2 nitrogen and oxygen atoms in total. The van der Waals surface area contributed by atoms with E-state index in [1.54, 1.807) is 11.8 Å². The molecule has 0 saturated carbocycles. The second kappa shape index (κ2) is 4.87. The van der Waals surface area contributed by atoms with E-state index in [9.17, 15) is 4.79 Å². The molecule has 0 unspecified atom stereocenters. The van der Waals surface area contributed by atoms with E-state index in [-0.39, 0.29) is 17.2 Å². The molecule has 0 spiro atoms. The van der Waals surface area contributed by atoms with E-state index < -0.39 is 0 Å². The molecule has 0 aliphatic carbocycles. The first kappa shape index (κ1) is 12.0. The lowest BCUT2D eigenvalue weighted by molar-refractivity contribution is -0.127. The first-order valence-electron chi connectivity index (χ1n) is 4.18. The highest BCUT2D eigenvalue weighted by atomic mass is 32.2. The molecular weight excluding hydrogens is 170 g/mol. The SMILES string of the molecule is CSCC[C@H](N)C(=O)C(C)(C)C. The van der Waals surface area contributed by atoms with Crippen LogP contribution in [0.4, 0.5) is 0 Å². The summed E-state index contributed by atoms with van der Waals surface area (Å²) in [5.74, 6) is 1.12. The second-order valence-electron chi connectivity index (χ2n) is 4.00. The molecular formula is C9H19NOS. The quantitative estimate of drug-likeness (QED) is 0.731. The smallest absolute Gasteiger partial charge is 0.154 e. The first-order chi connectivity index (χ1) is 5.39. The number of rotatable bonds is 4. The maximum absolute atomic E-state index is 11.5. The first-order valence-corrected chi connectivity index (χ1v) is 5.58. The summed E-state index contributed by atoms with van der Waals surface area (Å²) in [6, 6.07) is -0.280. The van der Waals surface area contributed by atoms with Gasteiger partial charge in [-0.3, -0.25) is 4.79 Å². The summed E-state index contributed by atoms with van der Waals surface area (Å²) < 4.78 is 0. The van der Waals surface area contributed by atoms with Crippen LogP contribution in [0.25, 0.3) is 0 Å². The fourth-order valence-corrected chi connectivity index (χ4v) is 1.42. The summed E-state index contributed by atoms with van der Waals surface area (Å²) in [5, 5.41) is 0. The van der Waals surface area contributed by atoms with Gasteiger partial charge < -0.3 is 5.73 Å². The summed E-state index contributed by atoms with van der Waals surface area (Å²) in [6.45, 7) is 5.73. The van der Waals surface area contributed by atoms with Gasteiger partial charge >= 0.3 is 0 Å². The number of hydrogen-bond acceptors (Lipinski definition) is 3. The lowest BCUT2D eigenvalue weighted by Gasteiger charge is -2.21. The highest BCUT2D eigenvalue weighted by Crippen LogP contribution is 2.17. The molecule has 0 aliphatic heterocycles. The van der Waals surface area contributed by atoms with Crippen LogP contribution in [0, 0.1) is 5.41 Å². The highest BCUT2D eigenvalue weighted by molar-refractivity contribution is 7.98. The number of carbonyl (C=O) groups is 1. The van der Waals surface area contributed by atoms with E-state index in [4.69, 9.17) is 5.73 Å². The second-order valence-corrected chi connectivity index (χ2v) is 4.99. The molecule has 1 atom stereocenters. The van der Waals surface area contributed by atoms with Gasteiger partial charge in [-0.2, -0.15) is 11.8 Å². The van der Waals surface area contributed by atoms with Crippen molar-refractivity contribution >= 4 is 17.5 Å². The van der Waals surface area contributed by atoms with Crippen LogP contribution < -0.4 is 5.73 Å². The van der Waals surface area contributed by atoms with Crippen molar-refractivity contribution in [3.05, 3.63) is 0 Å². The van der Waals surface area contributed by atoms with Crippen molar-refractivity contribution in [1.29, 1.82) is 0 Å². The van der Waals surface area contributed by atoms with E-state index >= 15 is 0 Å². The Kier molecular flexibility index (Phi) is 4.87. The Morgan fingerprint density at radius 3 is 2.33 bits per heavy atom. The van der Waals surface area contributed by atoms with Crippen LogP contribution in [0.1, 0.15) is 27.2 Å². The largest absolute Gasteiger partial charge is 0.321 e. The third-order valence-corrected chi connectivity index (χ3v) is 2.35. The third kappa shape index (κ3) is 4.12. The van der Waals surface area contributed by atoms with Crippen molar-refractivity contribution < 1.29 is 4.79 Å². The minimum absolute atomic E-state index is 0.163. The van der Waals surface area contributed by atoms with E-state index in [0.29, 0.717) is 0 Å².